The Bertz CT molecular complexity index is 650. The number of nitro benzene ring substituents is 1. The third-order valence-corrected chi connectivity index (χ3v) is 3.69. The molecule has 9 nitrogen and oxygen atoms in total. The summed E-state index contributed by atoms with van der Waals surface area (Å²) in [6.45, 7) is 3.59. The van der Waals surface area contributed by atoms with E-state index in [2.05, 4.69) is 19.8 Å². The molecule has 0 saturated carbocycles. The fraction of sp³-hybridized carbons (Fsp3) is 0.500. The van der Waals surface area contributed by atoms with Gasteiger partial charge < -0.3 is 10.0 Å². The number of fused-ring (bicyclic) bond motifs is 1. The van der Waals surface area contributed by atoms with Gasteiger partial charge in [-0.25, -0.2) is 4.63 Å². The van der Waals surface area contributed by atoms with Crippen molar-refractivity contribution in [2.75, 3.05) is 44.2 Å². The topological polar surface area (TPSA) is 109 Å². The number of nitrogens with zero attached hydrogens (tertiary/aromatic N) is 5. The first-order valence-corrected chi connectivity index (χ1v) is 6.68. The lowest BCUT2D eigenvalue weighted by Crippen LogP contribution is -2.47. The Balaban J connectivity index is 1.90. The van der Waals surface area contributed by atoms with E-state index in [0.29, 0.717) is 30.8 Å². The minimum atomic E-state index is -0.442. The maximum atomic E-state index is 11.4. The van der Waals surface area contributed by atoms with Crippen LogP contribution in [0.4, 0.5) is 11.4 Å². The van der Waals surface area contributed by atoms with Crippen LogP contribution in [0.3, 0.4) is 0 Å². The van der Waals surface area contributed by atoms with E-state index in [-0.39, 0.29) is 17.8 Å². The van der Waals surface area contributed by atoms with Crippen LogP contribution in [0.25, 0.3) is 11.0 Å². The van der Waals surface area contributed by atoms with E-state index in [9.17, 15) is 10.1 Å². The maximum Gasteiger partial charge on any atom is 0.323 e. The molecule has 3 rings (SSSR count). The zero-order valence-corrected chi connectivity index (χ0v) is 11.3. The summed E-state index contributed by atoms with van der Waals surface area (Å²) in [5.74, 6) is 0. The number of nitro groups is 1. The SMILES string of the molecule is O=[N+]([O-])c1c(N2CCN(CCO)CC2)ccc2nonc12. The Kier molecular flexibility index (Phi) is 3.67. The lowest BCUT2D eigenvalue weighted by molar-refractivity contribution is -0.382. The Morgan fingerprint density at radius 3 is 2.71 bits per heavy atom. The van der Waals surface area contributed by atoms with E-state index in [1.165, 1.54) is 0 Å². The molecule has 0 bridgehead atoms. The molecule has 0 spiro atoms. The molecule has 2 aromatic rings. The summed E-state index contributed by atoms with van der Waals surface area (Å²) in [7, 11) is 0. The highest BCUT2D eigenvalue weighted by atomic mass is 16.6. The number of aliphatic hydroxyl groups is 1. The average molecular weight is 293 g/mol. The number of rotatable bonds is 4. The molecule has 0 amide bonds. The summed E-state index contributed by atoms with van der Waals surface area (Å²) in [4.78, 5) is 15.0. The Morgan fingerprint density at radius 2 is 2.05 bits per heavy atom. The summed E-state index contributed by atoms with van der Waals surface area (Å²) in [5, 5.41) is 27.6. The van der Waals surface area contributed by atoms with E-state index in [4.69, 9.17) is 5.11 Å². The number of hydrogen-bond donors (Lipinski definition) is 1. The quantitative estimate of drug-likeness (QED) is 0.631. The highest BCUT2D eigenvalue weighted by molar-refractivity contribution is 5.91. The largest absolute Gasteiger partial charge is 0.395 e. The van der Waals surface area contributed by atoms with Crippen molar-refractivity contribution in [3.05, 3.63) is 22.2 Å². The Morgan fingerprint density at radius 1 is 1.29 bits per heavy atom. The number of aromatic nitrogens is 2. The molecule has 0 atom stereocenters. The first-order valence-electron chi connectivity index (χ1n) is 6.68. The van der Waals surface area contributed by atoms with Gasteiger partial charge in [0.1, 0.15) is 11.2 Å². The molecular weight excluding hydrogens is 278 g/mol. The van der Waals surface area contributed by atoms with E-state index < -0.39 is 4.92 Å². The molecule has 0 unspecified atom stereocenters. The van der Waals surface area contributed by atoms with Crippen LogP contribution in [-0.4, -0.2) is 64.6 Å². The summed E-state index contributed by atoms with van der Waals surface area (Å²) < 4.78 is 4.59. The van der Waals surface area contributed by atoms with Crippen LogP contribution in [-0.2, 0) is 0 Å². The number of aliphatic hydroxyl groups excluding tert-OH is 1. The molecule has 112 valence electrons. The van der Waals surface area contributed by atoms with Crippen molar-refractivity contribution >= 4 is 22.4 Å². The lowest BCUT2D eigenvalue weighted by Gasteiger charge is -2.35. The van der Waals surface area contributed by atoms with Gasteiger partial charge in [-0.1, -0.05) is 0 Å². The average Bonchev–Trinajstić information content (AvgIpc) is 2.95. The van der Waals surface area contributed by atoms with Gasteiger partial charge in [-0.2, -0.15) is 0 Å². The monoisotopic (exact) mass is 293 g/mol. The van der Waals surface area contributed by atoms with Crippen LogP contribution < -0.4 is 4.90 Å². The Hall–Kier alpha value is -2.26. The highest BCUT2D eigenvalue weighted by Crippen LogP contribution is 2.34. The minimum Gasteiger partial charge on any atom is -0.395 e. The molecule has 1 aromatic heterocycles. The summed E-state index contributed by atoms with van der Waals surface area (Å²) in [6, 6.07) is 3.36. The fourth-order valence-electron chi connectivity index (χ4n) is 2.62. The number of hydrogen-bond acceptors (Lipinski definition) is 8. The molecule has 1 aromatic carbocycles. The molecular formula is C12H15N5O4. The molecule has 1 N–H and O–H groups in total. The highest BCUT2D eigenvalue weighted by Gasteiger charge is 2.28. The van der Waals surface area contributed by atoms with Crippen molar-refractivity contribution in [3.8, 4) is 0 Å². The normalized spacial score (nSPS) is 16.5. The molecule has 9 heteroatoms. The second-order valence-corrected chi connectivity index (χ2v) is 4.87. The van der Waals surface area contributed by atoms with Crippen LogP contribution >= 0.6 is 0 Å². The molecule has 1 saturated heterocycles. The first kappa shape index (κ1) is 13.7. The molecule has 21 heavy (non-hydrogen) atoms. The maximum absolute atomic E-state index is 11.4. The van der Waals surface area contributed by atoms with E-state index in [1.54, 1.807) is 12.1 Å². The molecule has 0 aliphatic carbocycles. The van der Waals surface area contributed by atoms with Crippen LogP contribution in [0.5, 0.6) is 0 Å². The van der Waals surface area contributed by atoms with Crippen LogP contribution in [0.15, 0.2) is 16.8 Å². The van der Waals surface area contributed by atoms with Crippen molar-refractivity contribution in [2.24, 2.45) is 0 Å². The number of benzene rings is 1. The molecule has 1 fully saturated rings. The third-order valence-electron chi connectivity index (χ3n) is 3.69. The van der Waals surface area contributed by atoms with E-state index in [1.807, 2.05) is 4.90 Å². The summed E-state index contributed by atoms with van der Waals surface area (Å²) in [5.41, 5.74) is 1.02. The summed E-state index contributed by atoms with van der Waals surface area (Å²) >= 11 is 0. The van der Waals surface area contributed by atoms with Gasteiger partial charge in [0.05, 0.1) is 11.5 Å². The molecule has 1 aliphatic rings. The predicted octanol–water partition coefficient (Wildman–Crippen LogP) is 0.245. The van der Waals surface area contributed by atoms with Crippen LogP contribution in [0.2, 0.25) is 0 Å². The van der Waals surface area contributed by atoms with Gasteiger partial charge in [0.2, 0.25) is 5.52 Å². The number of β-amino-alcohol motifs (C(OH)–C–C–N with tert-alkyl or cyclic N) is 1. The number of anilines is 1. The van der Waals surface area contributed by atoms with Crippen molar-refractivity contribution < 1.29 is 14.7 Å². The zero-order chi connectivity index (χ0) is 14.8. The van der Waals surface area contributed by atoms with Crippen molar-refractivity contribution in [2.45, 2.75) is 0 Å². The lowest BCUT2D eigenvalue weighted by atomic mass is 10.2. The summed E-state index contributed by atoms with van der Waals surface area (Å²) in [6.07, 6.45) is 0. The smallest absolute Gasteiger partial charge is 0.323 e. The van der Waals surface area contributed by atoms with Gasteiger partial charge in [-0.05, 0) is 22.4 Å². The number of piperazine rings is 1. The third kappa shape index (κ3) is 2.52. The van der Waals surface area contributed by atoms with Crippen molar-refractivity contribution in [1.29, 1.82) is 0 Å². The van der Waals surface area contributed by atoms with Crippen molar-refractivity contribution in [1.82, 2.24) is 15.2 Å². The molecule has 0 radical (unpaired) electrons. The van der Waals surface area contributed by atoms with Gasteiger partial charge in [0.15, 0.2) is 0 Å². The molecule has 2 heterocycles. The van der Waals surface area contributed by atoms with E-state index >= 15 is 0 Å². The van der Waals surface area contributed by atoms with Crippen molar-refractivity contribution in [3.63, 3.8) is 0 Å². The fourth-order valence-corrected chi connectivity index (χ4v) is 2.62. The second kappa shape index (κ2) is 5.62. The zero-order valence-electron chi connectivity index (χ0n) is 11.3. The minimum absolute atomic E-state index is 0.0654. The van der Waals surface area contributed by atoms with Gasteiger partial charge >= 0.3 is 5.69 Å². The molecule has 1 aliphatic heterocycles. The Labute approximate surface area is 119 Å². The standard InChI is InChI=1S/C12H15N5O4/c18-8-7-15-3-5-16(6-4-15)10-2-1-9-11(14-21-13-9)12(10)17(19)20/h1-2,18H,3-8H2. The van der Waals surface area contributed by atoms with Crippen LogP contribution in [0.1, 0.15) is 0 Å². The van der Waals surface area contributed by atoms with Gasteiger partial charge in [-0.3, -0.25) is 15.0 Å². The van der Waals surface area contributed by atoms with Crippen LogP contribution in [0, 0.1) is 10.1 Å². The second-order valence-electron chi connectivity index (χ2n) is 4.87. The van der Waals surface area contributed by atoms with Gasteiger partial charge in [0.25, 0.3) is 0 Å². The first-order chi connectivity index (χ1) is 10.2. The van der Waals surface area contributed by atoms with Gasteiger partial charge in [0, 0.05) is 32.7 Å². The van der Waals surface area contributed by atoms with E-state index in [0.717, 1.165) is 13.1 Å². The predicted molar refractivity (Wildman–Crippen MR) is 74.2 cm³/mol. The van der Waals surface area contributed by atoms with Gasteiger partial charge in [-0.15, -0.1) is 0 Å².